The van der Waals surface area contributed by atoms with Crippen molar-refractivity contribution in [3.63, 3.8) is 0 Å². The topological polar surface area (TPSA) is 90.1 Å². The number of aromatic nitrogens is 3. The van der Waals surface area contributed by atoms with E-state index in [1.807, 2.05) is 39.0 Å². The van der Waals surface area contributed by atoms with Gasteiger partial charge in [0, 0.05) is 30.4 Å². The number of ether oxygens (including phenoxy) is 1. The van der Waals surface area contributed by atoms with Gasteiger partial charge in [-0.1, -0.05) is 17.3 Å². The van der Waals surface area contributed by atoms with E-state index in [9.17, 15) is 4.79 Å². The van der Waals surface area contributed by atoms with E-state index in [1.165, 1.54) is 5.56 Å². The molecule has 7 nitrogen and oxygen atoms in total. The first-order valence-electron chi connectivity index (χ1n) is 10.3. The fraction of sp³-hybridized carbons (Fsp3) is 0.391. The normalized spacial score (nSPS) is 12.6. The molecule has 0 fully saturated rings. The van der Waals surface area contributed by atoms with Gasteiger partial charge in [0.25, 0.3) is 5.91 Å². The highest BCUT2D eigenvalue weighted by Crippen LogP contribution is 2.22. The molecule has 0 aliphatic heterocycles. The summed E-state index contributed by atoms with van der Waals surface area (Å²) in [6.45, 7) is 6.69. The van der Waals surface area contributed by atoms with Crippen LogP contribution in [-0.2, 0) is 25.9 Å². The number of benzene rings is 1. The lowest BCUT2D eigenvalue weighted by Crippen LogP contribution is -2.26. The zero-order chi connectivity index (χ0) is 21.1. The molecule has 1 N–H and O–H groups in total. The van der Waals surface area contributed by atoms with E-state index < -0.39 is 0 Å². The molecule has 30 heavy (non-hydrogen) atoms. The van der Waals surface area contributed by atoms with Crippen LogP contribution in [0.1, 0.15) is 56.6 Å². The van der Waals surface area contributed by atoms with Gasteiger partial charge in [-0.25, -0.2) is 9.97 Å². The van der Waals surface area contributed by atoms with Gasteiger partial charge >= 0.3 is 0 Å². The molecule has 0 bridgehead atoms. The number of hydrogen-bond acceptors (Lipinski definition) is 6. The van der Waals surface area contributed by atoms with Crippen molar-refractivity contribution in [2.45, 2.75) is 53.1 Å². The van der Waals surface area contributed by atoms with E-state index in [0.717, 1.165) is 53.4 Å². The monoisotopic (exact) mass is 406 g/mol. The second-order valence-corrected chi connectivity index (χ2v) is 7.75. The van der Waals surface area contributed by atoms with Crippen LogP contribution in [-0.4, -0.2) is 27.6 Å². The molecular formula is C23H26N4O3. The van der Waals surface area contributed by atoms with Gasteiger partial charge in [-0.3, -0.25) is 4.79 Å². The fourth-order valence-corrected chi connectivity index (χ4v) is 3.67. The minimum Gasteiger partial charge on any atom is -0.485 e. The van der Waals surface area contributed by atoms with Gasteiger partial charge in [0.1, 0.15) is 18.2 Å². The third kappa shape index (κ3) is 4.50. The van der Waals surface area contributed by atoms with Crippen LogP contribution in [0.2, 0.25) is 0 Å². The van der Waals surface area contributed by atoms with Crippen LogP contribution in [0.3, 0.4) is 0 Å². The highest BCUT2D eigenvalue weighted by molar-refractivity contribution is 5.92. The van der Waals surface area contributed by atoms with Crippen LogP contribution in [0.25, 0.3) is 0 Å². The minimum absolute atomic E-state index is 0.215. The number of carbonyl (C=O) groups is 1. The molecular weight excluding hydrogens is 380 g/mol. The first-order valence-corrected chi connectivity index (χ1v) is 10.3. The molecule has 2 heterocycles. The Kier molecular flexibility index (Phi) is 5.79. The molecule has 1 aliphatic rings. The maximum atomic E-state index is 12.4. The number of nitrogens with one attached hydrogen (secondary N) is 1. The van der Waals surface area contributed by atoms with E-state index >= 15 is 0 Å². The lowest BCUT2D eigenvalue weighted by Gasteiger charge is -2.08. The number of nitrogens with zero attached hydrogens (tertiary/aromatic N) is 3. The van der Waals surface area contributed by atoms with Crippen molar-refractivity contribution in [3.05, 3.63) is 69.6 Å². The van der Waals surface area contributed by atoms with Crippen LogP contribution in [0.4, 0.5) is 0 Å². The SMILES string of the molecule is Cc1ccc(C)c(OCc2cc(C(=O)NCCc3nc(C)c4c(n3)CCC4)no2)c1. The first kappa shape index (κ1) is 20.1. The first-order chi connectivity index (χ1) is 14.5. The maximum absolute atomic E-state index is 12.4. The molecule has 3 aromatic rings. The molecule has 0 spiro atoms. The minimum atomic E-state index is -0.283. The van der Waals surface area contributed by atoms with E-state index in [-0.39, 0.29) is 18.2 Å². The zero-order valence-corrected chi connectivity index (χ0v) is 17.6. The Bertz CT molecular complexity index is 1070. The summed E-state index contributed by atoms with van der Waals surface area (Å²) in [7, 11) is 0. The average molecular weight is 406 g/mol. The summed E-state index contributed by atoms with van der Waals surface area (Å²) < 4.78 is 11.0. The van der Waals surface area contributed by atoms with Gasteiger partial charge in [0.2, 0.25) is 0 Å². The number of hydrogen-bond donors (Lipinski definition) is 1. The molecule has 2 aromatic heterocycles. The number of carbonyl (C=O) groups excluding carboxylic acids is 1. The Morgan fingerprint density at radius 3 is 2.90 bits per heavy atom. The van der Waals surface area contributed by atoms with Crippen molar-refractivity contribution in [2.75, 3.05) is 6.54 Å². The van der Waals surface area contributed by atoms with E-state index in [0.29, 0.717) is 18.7 Å². The van der Waals surface area contributed by atoms with E-state index in [4.69, 9.17) is 9.26 Å². The predicted octanol–water partition coefficient (Wildman–Crippen LogP) is 3.43. The maximum Gasteiger partial charge on any atom is 0.273 e. The van der Waals surface area contributed by atoms with Gasteiger partial charge in [0.05, 0.1) is 0 Å². The molecule has 1 aromatic carbocycles. The quantitative estimate of drug-likeness (QED) is 0.646. The Morgan fingerprint density at radius 2 is 2.03 bits per heavy atom. The molecule has 0 saturated carbocycles. The summed E-state index contributed by atoms with van der Waals surface area (Å²) in [5.41, 5.74) is 5.91. The molecule has 0 saturated heterocycles. The second-order valence-electron chi connectivity index (χ2n) is 7.75. The fourth-order valence-electron chi connectivity index (χ4n) is 3.67. The second kappa shape index (κ2) is 8.65. The van der Waals surface area contributed by atoms with Gasteiger partial charge < -0.3 is 14.6 Å². The Balaban J connectivity index is 1.29. The Morgan fingerprint density at radius 1 is 1.17 bits per heavy atom. The summed E-state index contributed by atoms with van der Waals surface area (Å²) >= 11 is 0. The highest BCUT2D eigenvalue weighted by atomic mass is 16.5. The zero-order valence-electron chi connectivity index (χ0n) is 17.6. The Hall–Kier alpha value is -3.22. The van der Waals surface area contributed by atoms with Crippen molar-refractivity contribution < 1.29 is 14.1 Å². The molecule has 0 radical (unpaired) electrons. The molecule has 4 rings (SSSR count). The van der Waals surface area contributed by atoms with Crippen LogP contribution >= 0.6 is 0 Å². The molecule has 0 atom stereocenters. The van der Waals surface area contributed by atoms with Crippen molar-refractivity contribution in [3.8, 4) is 5.75 Å². The lowest BCUT2D eigenvalue weighted by molar-refractivity contribution is 0.0944. The van der Waals surface area contributed by atoms with Crippen molar-refractivity contribution >= 4 is 5.91 Å². The summed E-state index contributed by atoms with van der Waals surface area (Å²) in [6.07, 6.45) is 3.82. The number of amides is 1. The van der Waals surface area contributed by atoms with Crippen molar-refractivity contribution in [1.29, 1.82) is 0 Å². The van der Waals surface area contributed by atoms with Gasteiger partial charge in [-0.05, 0) is 62.8 Å². The van der Waals surface area contributed by atoms with Crippen LogP contribution in [0.5, 0.6) is 5.75 Å². The van der Waals surface area contributed by atoms with Gasteiger partial charge in [-0.15, -0.1) is 0 Å². The highest BCUT2D eigenvalue weighted by Gasteiger charge is 2.17. The number of fused-ring (bicyclic) bond motifs is 1. The van der Waals surface area contributed by atoms with Gasteiger partial charge in [0.15, 0.2) is 11.5 Å². The summed E-state index contributed by atoms with van der Waals surface area (Å²) in [4.78, 5) is 21.6. The smallest absolute Gasteiger partial charge is 0.273 e. The molecule has 1 aliphatic carbocycles. The van der Waals surface area contributed by atoms with Crippen molar-refractivity contribution in [1.82, 2.24) is 20.4 Å². The average Bonchev–Trinajstić information content (AvgIpc) is 3.38. The number of rotatable bonds is 7. The predicted molar refractivity (Wildman–Crippen MR) is 112 cm³/mol. The summed E-state index contributed by atoms with van der Waals surface area (Å²) in [5.74, 6) is 1.78. The third-order valence-electron chi connectivity index (χ3n) is 5.33. The summed E-state index contributed by atoms with van der Waals surface area (Å²) in [5, 5.41) is 6.71. The van der Waals surface area contributed by atoms with E-state index in [2.05, 4.69) is 20.4 Å². The number of aryl methyl sites for hydroxylation is 4. The molecule has 0 unspecified atom stereocenters. The van der Waals surface area contributed by atoms with E-state index in [1.54, 1.807) is 6.07 Å². The standard InChI is InChI=1S/C23H26N4O3/c1-14-7-8-15(2)21(11-14)29-13-17-12-20(27-30-17)23(28)24-10-9-22-25-16(3)18-5-4-6-19(18)26-22/h7-8,11-12H,4-6,9-10,13H2,1-3H3,(H,24,28). The van der Waals surface area contributed by atoms with Crippen molar-refractivity contribution in [2.24, 2.45) is 0 Å². The van der Waals surface area contributed by atoms with Crippen LogP contribution < -0.4 is 10.1 Å². The van der Waals surface area contributed by atoms with Crippen LogP contribution in [0, 0.1) is 20.8 Å². The largest absolute Gasteiger partial charge is 0.485 e. The Labute approximate surface area is 175 Å². The molecule has 7 heteroatoms. The van der Waals surface area contributed by atoms with Gasteiger partial charge in [-0.2, -0.15) is 0 Å². The molecule has 156 valence electrons. The third-order valence-corrected chi connectivity index (χ3v) is 5.33. The summed E-state index contributed by atoms with van der Waals surface area (Å²) in [6, 6.07) is 7.63. The lowest BCUT2D eigenvalue weighted by atomic mass is 10.1. The van der Waals surface area contributed by atoms with Crippen LogP contribution in [0.15, 0.2) is 28.8 Å². The molecule has 1 amide bonds.